The van der Waals surface area contributed by atoms with Gasteiger partial charge in [0, 0.05) is 16.3 Å². The predicted octanol–water partition coefficient (Wildman–Crippen LogP) is 3.34. The maximum Gasteiger partial charge on any atom is 0.340 e. The van der Waals surface area contributed by atoms with E-state index < -0.39 is 5.97 Å². The molecule has 0 bridgehead atoms. The van der Waals surface area contributed by atoms with Gasteiger partial charge in [-0.3, -0.25) is 0 Å². The third-order valence-corrected chi connectivity index (χ3v) is 3.15. The molecule has 0 aliphatic rings. The summed E-state index contributed by atoms with van der Waals surface area (Å²) >= 11 is 7.35. The number of hydrogen-bond donors (Lipinski definition) is 1. The van der Waals surface area contributed by atoms with Gasteiger partial charge >= 0.3 is 5.97 Å². The highest BCUT2D eigenvalue weighted by Crippen LogP contribution is 2.19. The Kier molecular flexibility index (Phi) is 3.66. The van der Waals surface area contributed by atoms with E-state index >= 15 is 0 Å². The summed E-state index contributed by atoms with van der Waals surface area (Å²) in [6, 6.07) is 6.63. The summed E-state index contributed by atoms with van der Waals surface area (Å²) in [5.74, 6) is -0.462. The first-order valence-corrected chi connectivity index (χ1v) is 6.22. The van der Waals surface area contributed by atoms with E-state index in [-0.39, 0.29) is 6.61 Å². The molecule has 0 spiro atoms. The van der Waals surface area contributed by atoms with Gasteiger partial charge in [0.15, 0.2) is 0 Å². The summed E-state index contributed by atoms with van der Waals surface area (Å²) in [6.07, 6.45) is 0. The molecule has 0 aliphatic carbocycles. The Bertz CT molecular complexity index is 525. The molecule has 2 N–H and O–H groups in total. The lowest BCUT2D eigenvalue weighted by Crippen LogP contribution is -2.07. The molecule has 1 heterocycles. The second-order valence-electron chi connectivity index (χ2n) is 3.44. The number of benzene rings is 1. The molecule has 3 nitrogen and oxygen atoms in total. The second-order valence-corrected chi connectivity index (χ2v) is 4.66. The van der Waals surface area contributed by atoms with Crippen molar-refractivity contribution in [3.8, 4) is 0 Å². The van der Waals surface area contributed by atoms with Crippen molar-refractivity contribution in [1.29, 1.82) is 0 Å². The summed E-state index contributed by atoms with van der Waals surface area (Å²) in [5.41, 5.74) is 7.31. The van der Waals surface area contributed by atoms with Crippen LogP contribution in [0.25, 0.3) is 0 Å². The fourth-order valence-electron chi connectivity index (χ4n) is 1.31. The first-order chi connectivity index (χ1) is 8.16. The lowest BCUT2D eigenvalue weighted by Gasteiger charge is -2.06. The zero-order valence-electron chi connectivity index (χ0n) is 8.85. The van der Waals surface area contributed by atoms with Crippen LogP contribution in [0.1, 0.15) is 15.9 Å². The minimum absolute atomic E-state index is 0.244. The molecular formula is C12H10ClNO2S. The molecule has 0 aliphatic heterocycles. The van der Waals surface area contributed by atoms with Crippen molar-refractivity contribution in [2.75, 3.05) is 5.73 Å². The molecule has 0 radical (unpaired) electrons. The molecule has 0 fully saturated rings. The van der Waals surface area contributed by atoms with Crippen molar-refractivity contribution < 1.29 is 9.53 Å². The predicted molar refractivity (Wildman–Crippen MR) is 69.3 cm³/mol. The summed E-state index contributed by atoms with van der Waals surface area (Å²) in [7, 11) is 0. The minimum Gasteiger partial charge on any atom is -0.457 e. The monoisotopic (exact) mass is 267 g/mol. The Labute approximate surface area is 108 Å². The highest BCUT2D eigenvalue weighted by molar-refractivity contribution is 7.07. The topological polar surface area (TPSA) is 52.3 Å². The van der Waals surface area contributed by atoms with Gasteiger partial charge in [-0.15, -0.1) is 0 Å². The molecule has 2 rings (SSSR count). The van der Waals surface area contributed by atoms with E-state index in [1.54, 1.807) is 23.5 Å². The number of esters is 1. The van der Waals surface area contributed by atoms with Gasteiger partial charge in [-0.1, -0.05) is 11.6 Å². The molecule has 2 aromatic rings. The maximum atomic E-state index is 11.8. The number of halogens is 1. The van der Waals surface area contributed by atoms with Crippen molar-refractivity contribution in [3.05, 3.63) is 51.2 Å². The Morgan fingerprint density at radius 1 is 1.41 bits per heavy atom. The number of carbonyl (C=O) groups excluding carboxylic acids is 1. The highest BCUT2D eigenvalue weighted by atomic mass is 35.5. The maximum absolute atomic E-state index is 11.8. The van der Waals surface area contributed by atoms with Crippen LogP contribution in [0.4, 0.5) is 5.69 Å². The van der Waals surface area contributed by atoms with Gasteiger partial charge in [-0.25, -0.2) is 4.79 Å². The summed E-state index contributed by atoms with van der Waals surface area (Å²) in [4.78, 5) is 11.8. The number of anilines is 1. The molecular weight excluding hydrogens is 258 g/mol. The van der Waals surface area contributed by atoms with E-state index in [0.29, 0.717) is 16.3 Å². The number of ether oxygens (including phenoxy) is 1. The van der Waals surface area contributed by atoms with E-state index in [1.165, 1.54) is 6.07 Å². The molecule has 88 valence electrons. The Balaban J connectivity index is 2.07. The van der Waals surface area contributed by atoms with E-state index in [4.69, 9.17) is 22.1 Å². The van der Waals surface area contributed by atoms with Crippen LogP contribution in [0.2, 0.25) is 5.02 Å². The quantitative estimate of drug-likeness (QED) is 0.685. The number of thiophene rings is 1. The van der Waals surface area contributed by atoms with E-state index in [2.05, 4.69) is 0 Å². The van der Waals surface area contributed by atoms with Crippen LogP contribution in [0, 0.1) is 0 Å². The summed E-state index contributed by atoms with van der Waals surface area (Å²) in [6.45, 7) is 0.244. The van der Waals surface area contributed by atoms with Crippen molar-refractivity contribution in [2.24, 2.45) is 0 Å². The van der Waals surface area contributed by atoms with Gasteiger partial charge in [-0.05, 0) is 35.0 Å². The zero-order valence-corrected chi connectivity index (χ0v) is 10.4. The number of rotatable bonds is 3. The summed E-state index contributed by atoms with van der Waals surface area (Å²) in [5, 5.41) is 4.31. The van der Waals surface area contributed by atoms with Gasteiger partial charge in [0.05, 0.1) is 5.56 Å². The van der Waals surface area contributed by atoms with E-state index in [9.17, 15) is 4.79 Å². The number of hydrogen-bond acceptors (Lipinski definition) is 4. The standard InChI is InChI=1S/C12H10ClNO2S/c13-9-1-2-11(14)10(5-9)12(15)16-6-8-3-4-17-7-8/h1-5,7H,6,14H2. The first kappa shape index (κ1) is 12.0. The van der Waals surface area contributed by atoms with Crippen LogP contribution in [0.15, 0.2) is 35.0 Å². The second kappa shape index (κ2) is 5.21. The zero-order chi connectivity index (χ0) is 12.3. The van der Waals surface area contributed by atoms with Crippen LogP contribution in [-0.4, -0.2) is 5.97 Å². The lowest BCUT2D eigenvalue weighted by atomic mass is 10.2. The van der Waals surface area contributed by atoms with Gasteiger partial charge in [0.2, 0.25) is 0 Å². The third kappa shape index (κ3) is 2.99. The molecule has 0 atom stereocenters. The average Bonchev–Trinajstić information content (AvgIpc) is 2.82. The molecule has 0 saturated carbocycles. The molecule has 0 unspecified atom stereocenters. The highest BCUT2D eigenvalue weighted by Gasteiger charge is 2.12. The molecule has 5 heteroatoms. The minimum atomic E-state index is -0.462. The lowest BCUT2D eigenvalue weighted by molar-refractivity contribution is 0.0474. The number of nitrogens with two attached hydrogens (primary N) is 1. The van der Waals surface area contributed by atoms with E-state index in [1.807, 2.05) is 16.8 Å². The van der Waals surface area contributed by atoms with Crippen molar-refractivity contribution in [1.82, 2.24) is 0 Å². The van der Waals surface area contributed by atoms with Crippen LogP contribution < -0.4 is 5.73 Å². The van der Waals surface area contributed by atoms with Crippen LogP contribution >= 0.6 is 22.9 Å². The van der Waals surface area contributed by atoms with Crippen molar-refractivity contribution in [3.63, 3.8) is 0 Å². The smallest absolute Gasteiger partial charge is 0.340 e. The summed E-state index contributed by atoms with van der Waals surface area (Å²) < 4.78 is 5.14. The third-order valence-electron chi connectivity index (χ3n) is 2.19. The van der Waals surface area contributed by atoms with E-state index in [0.717, 1.165) is 5.56 Å². The molecule has 0 amide bonds. The fourth-order valence-corrected chi connectivity index (χ4v) is 2.13. The van der Waals surface area contributed by atoms with Crippen molar-refractivity contribution in [2.45, 2.75) is 6.61 Å². The number of nitrogen functional groups attached to an aromatic ring is 1. The van der Waals surface area contributed by atoms with Crippen LogP contribution in [-0.2, 0) is 11.3 Å². The number of carbonyl (C=O) groups is 1. The van der Waals surface area contributed by atoms with Gasteiger partial charge < -0.3 is 10.5 Å². The fraction of sp³-hybridized carbons (Fsp3) is 0.0833. The first-order valence-electron chi connectivity index (χ1n) is 4.90. The molecule has 1 aromatic heterocycles. The molecule has 1 aromatic carbocycles. The van der Waals surface area contributed by atoms with Gasteiger partial charge in [0.1, 0.15) is 6.61 Å². The Morgan fingerprint density at radius 2 is 2.24 bits per heavy atom. The SMILES string of the molecule is Nc1ccc(Cl)cc1C(=O)OCc1ccsc1. The van der Waals surface area contributed by atoms with Gasteiger partial charge in [0.25, 0.3) is 0 Å². The van der Waals surface area contributed by atoms with Crippen molar-refractivity contribution >= 4 is 34.6 Å². The average molecular weight is 268 g/mol. The van der Waals surface area contributed by atoms with Gasteiger partial charge in [-0.2, -0.15) is 11.3 Å². The largest absolute Gasteiger partial charge is 0.457 e. The Morgan fingerprint density at radius 3 is 2.94 bits per heavy atom. The molecule has 17 heavy (non-hydrogen) atoms. The van der Waals surface area contributed by atoms with Crippen LogP contribution in [0.3, 0.4) is 0 Å². The Hall–Kier alpha value is -1.52. The molecule has 0 saturated heterocycles. The van der Waals surface area contributed by atoms with Crippen LogP contribution in [0.5, 0.6) is 0 Å². The normalized spacial score (nSPS) is 10.2.